The molecule has 2 heterocycles. The van der Waals surface area contributed by atoms with Gasteiger partial charge in [-0.2, -0.15) is 0 Å². The molecular weight excluding hydrogens is 394 g/mol. The van der Waals surface area contributed by atoms with Gasteiger partial charge in [-0.3, -0.25) is 14.4 Å². The molecule has 0 radical (unpaired) electrons. The van der Waals surface area contributed by atoms with Gasteiger partial charge in [-0.05, 0) is 33.1 Å². The number of hydrogen-bond acceptors (Lipinski definition) is 5. The number of para-hydroxylation sites is 1. The zero-order valence-corrected chi connectivity index (χ0v) is 17.8. The minimum absolute atomic E-state index is 0.171. The minimum atomic E-state index is -1.67. The Kier molecular flexibility index (Phi) is 5.15. The van der Waals surface area contributed by atoms with Crippen molar-refractivity contribution in [2.45, 2.75) is 12.0 Å². The highest BCUT2D eigenvalue weighted by Gasteiger charge is 2.66. The first-order valence-electron chi connectivity index (χ1n) is 10.2. The third kappa shape index (κ3) is 2.96. The predicted octanol–water partition coefficient (Wildman–Crippen LogP) is 2.19. The maximum atomic E-state index is 13.8. The maximum Gasteiger partial charge on any atom is 0.296 e. The second-order valence-corrected chi connectivity index (χ2v) is 8.12. The van der Waals surface area contributed by atoms with E-state index in [2.05, 4.69) is 0 Å². The Morgan fingerprint density at radius 2 is 1.65 bits per heavy atom. The number of fused-ring (bicyclic) bond motifs is 2. The van der Waals surface area contributed by atoms with E-state index in [1.54, 1.807) is 61.6 Å². The molecule has 7 nitrogen and oxygen atoms in total. The summed E-state index contributed by atoms with van der Waals surface area (Å²) < 4.78 is 0. The van der Waals surface area contributed by atoms with Gasteiger partial charge in [-0.25, -0.2) is 0 Å². The summed E-state index contributed by atoms with van der Waals surface area (Å²) in [6, 6.07) is 15.7. The molecule has 1 N–H and O–H groups in total. The molecule has 2 aliphatic heterocycles. The van der Waals surface area contributed by atoms with Crippen molar-refractivity contribution in [3.05, 3.63) is 71.3 Å². The van der Waals surface area contributed by atoms with Crippen LogP contribution in [0.15, 0.2) is 60.2 Å². The Labute approximate surface area is 181 Å². The molecule has 4 rings (SSSR count). The van der Waals surface area contributed by atoms with Crippen molar-refractivity contribution in [3.63, 3.8) is 0 Å². The number of carbonyl (C=O) groups is 3. The van der Waals surface area contributed by atoms with Crippen LogP contribution in [0.5, 0.6) is 0 Å². The fourth-order valence-corrected chi connectivity index (χ4v) is 4.56. The maximum absolute atomic E-state index is 13.8. The number of likely N-dealkylation sites (N-methyl/N-ethyl adjacent to an activating group) is 1. The standard InChI is InChI=1S/C24H25N3O4/c1-25(2)14-9-15-27-22(30)21(29)19(20(28)16-10-5-4-6-11-16)24(27)17-12-7-8-13-18(17)26(3)23(24)31/h4-8,10-13,28H,9,14-15H2,1-3H3/t24-/m1/s1. The molecule has 0 bridgehead atoms. The van der Waals surface area contributed by atoms with Gasteiger partial charge in [0.1, 0.15) is 5.76 Å². The number of ketones is 1. The number of likely N-dealkylation sites (tertiary alicyclic amines) is 1. The van der Waals surface area contributed by atoms with Gasteiger partial charge in [0.15, 0.2) is 5.54 Å². The first kappa shape index (κ1) is 20.8. The number of Topliss-reactive ketones (excluding diaryl/α,β-unsaturated/α-hetero) is 1. The summed E-state index contributed by atoms with van der Waals surface area (Å²) in [6.07, 6.45) is 0.576. The van der Waals surface area contributed by atoms with Crippen molar-refractivity contribution in [3.8, 4) is 0 Å². The fourth-order valence-electron chi connectivity index (χ4n) is 4.56. The van der Waals surface area contributed by atoms with Gasteiger partial charge < -0.3 is 19.8 Å². The number of carbonyl (C=O) groups excluding carboxylic acids is 3. The lowest BCUT2D eigenvalue weighted by Crippen LogP contribution is -2.51. The minimum Gasteiger partial charge on any atom is -0.507 e. The normalized spacial score (nSPS) is 22.1. The van der Waals surface area contributed by atoms with Crippen LogP contribution in [-0.2, 0) is 19.9 Å². The number of benzene rings is 2. The summed E-state index contributed by atoms with van der Waals surface area (Å²) in [6.45, 7) is 0.895. The van der Waals surface area contributed by atoms with Crippen LogP contribution in [0, 0.1) is 0 Å². The molecule has 1 atom stereocenters. The van der Waals surface area contributed by atoms with E-state index in [0.29, 0.717) is 29.8 Å². The van der Waals surface area contributed by atoms with Crippen LogP contribution in [0.2, 0.25) is 0 Å². The van der Waals surface area contributed by atoms with Crippen molar-refractivity contribution in [2.24, 2.45) is 0 Å². The van der Waals surface area contributed by atoms with Crippen LogP contribution in [0.25, 0.3) is 5.76 Å². The van der Waals surface area contributed by atoms with Crippen LogP contribution >= 0.6 is 0 Å². The molecule has 7 heteroatoms. The van der Waals surface area contributed by atoms with E-state index in [1.807, 2.05) is 19.0 Å². The Bertz CT molecular complexity index is 1090. The van der Waals surface area contributed by atoms with Gasteiger partial charge in [0.25, 0.3) is 17.6 Å². The lowest BCUT2D eigenvalue weighted by Gasteiger charge is -2.34. The first-order valence-corrected chi connectivity index (χ1v) is 10.2. The van der Waals surface area contributed by atoms with Crippen LogP contribution in [0.3, 0.4) is 0 Å². The summed E-state index contributed by atoms with van der Waals surface area (Å²) in [5.41, 5.74) is -0.315. The highest BCUT2D eigenvalue weighted by molar-refractivity contribution is 6.50. The highest BCUT2D eigenvalue weighted by atomic mass is 16.3. The molecule has 2 aliphatic rings. The van der Waals surface area contributed by atoms with Crippen molar-refractivity contribution >= 4 is 29.0 Å². The first-order chi connectivity index (χ1) is 14.8. The fraction of sp³-hybridized carbons (Fsp3) is 0.292. The number of nitrogens with zero attached hydrogens (tertiary/aromatic N) is 3. The van der Waals surface area contributed by atoms with E-state index in [0.717, 1.165) is 0 Å². The second-order valence-electron chi connectivity index (χ2n) is 8.12. The smallest absolute Gasteiger partial charge is 0.296 e. The molecule has 0 saturated carbocycles. The van der Waals surface area contributed by atoms with Crippen molar-refractivity contribution in [1.82, 2.24) is 9.80 Å². The van der Waals surface area contributed by atoms with Crippen LogP contribution in [0.1, 0.15) is 17.5 Å². The Morgan fingerprint density at radius 3 is 2.32 bits per heavy atom. The van der Waals surface area contributed by atoms with E-state index in [1.165, 1.54) is 9.80 Å². The summed E-state index contributed by atoms with van der Waals surface area (Å²) in [4.78, 5) is 45.0. The Hall–Kier alpha value is -3.45. The molecule has 31 heavy (non-hydrogen) atoms. The van der Waals surface area contributed by atoms with Crippen LogP contribution < -0.4 is 4.90 Å². The summed E-state index contributed by atoms with van der Waals surface area (Å²) in [7, 11) is 5.46. The molecule has 1 fully saturated rings. The monoisotopic (exact) mass is 419 g/mol. The molecule has 2 amide bonds. The van der Waals surface area contributed by atoms with Gasteiger partial charge in [-0.1, -0.05) is 48.5 Å². The topological polar surface area (TPSA) is 81.2 Å². The SMILES string of the molecule is CN(C)CCCN1C(=O)C(=O)C(=C(O)c2ccccc2)[C@]12C(=O)N(C)c1ccccc12. The van der Waals surface area contributed by atoms with Gasteiger partial charge in [0, 0.05) is 30.4 Å². The van der Waals surface area contributed by atoms with Crippen molar-refractivity contribution in [2.75, 3.05) is 39.1 Å². The van der Waals surface area contributed by atoms with Gasteiger partial charge >= 0.3 is 0 Å². The molecule has 2 aromatic rings. The zero-order valence-electron chi connectivity index (χ0n) is 17.8. The Balaban J connectivity index is 1.99. The number of anilines is 1. The van der Waals surface area contributed by atoms with Gasteiger partial charge in [0.05, 0.1) is 5.57 Å². The van der Waals surface area contributed by atoms with E-state index in [-0.39, 0.29) is 17.9 Å². The molecule has 160 valence electrons. The van der Waals surface area contributed by atoms with E-state index in [4.69, 9.17) is 0 Å². The van der Waals surface area contributed by atoms with E-state index < -0.39 is 23.1 Å². The van der Waals surface area contributed by atoms with Crippen molar-refractivity contribution in [1.29, 1.82) is 0 Å². The number of rotatable bonds is 5. The van der Waals surface area contributed by atoms with Crippen molar-refractivity contribution < 1.29 is 19.5 Å². The molecular formula is C24H25N3O4. The third-order valence-electron chi connectivity index (χ3n) is 5.97. The molecule has 2 aromatic carbocycles. The number of hydrogen-bond donors (Lipinski definition) is 1. The third-order valence-corrected chi connectivity index (χ3v) is 5.97. The Morgan fingerprint density at radius 1 is 1.00 bits per heavy atom. The molecule has 1 spiro atoms. The van der Waals surface area contributed by atoms with Crippen LogP contribution in [0.4, 0.5) is 5.69 Å². The lowest BCUT2D eigenvalue weighted by molar-refractivity contribution is -0.143. The number of aliphatic hydroxyl groups excluding tert-OH is 1. The molecule has 0 unspecified atom stereocenters. The molecule has 1 saturated heterocycles. The average molecular weight is 419 g/mol. The van der Waals surface area contributed by atoms with Crippen LogP contribution in [-0.4, -0.2) is 66.7 Å². The number of amides is 2. The summed E-state index contributed by atoms with van der Waals surface area (Å²) in [5.74, 6) is -2.37. The van der Waals surface area contributed by atoms with Gasteiger partial charge in [0.2, 0.25) is 0 Å². The zero-order chi connectivity index (χ0) is 22.3. The summed E-state index contributed by atoms with van der Waals surface area (Å²) >= 11 is 0. The lowest BCUT2D eigenvalue weighted by atomic mass is 9.82. The van der Waals surface area contributed by atoms with Gasteiger partial charge in [-0.15, -0.1) is 0 Å². The predicted molar refractivity (Wildman–Crippen MR) is 117 cm³/mol. The number of aliphatic hydroxyl groups is 1. The van der Waals surface area contributed by atoms with E-state index in [9.17, 15) is 19.5 Å². The molecule has 0 aromatic heterocycles. The highest BCUT2D eigenvalue weighted by Crippen LogP contribution is 2.53. The quantitative estimate of drug-likeness (QED) is 0.457. The average Bonchev–Trinajstić information content (AvgIpc) is 3.13. The summed E-state index contributed by atoms with van der Waals surface area (Å²) in [5, 5.41) is 11.2. The largest absolute Gasteiger partial charge is 0.507 e. The second kappa shape index (κ2) is 7.67. The van der Waals surface area contributed by atoms with E-state index >= 15 is 0 Å². The molecule has 0 aliphatic carbocycles.